The van der Waals surface area contributed by atoms with E-state index >= 15 is 0 Å². The van der Waals surface area contributed by atoms with Crippen LogP contribution in [0.5, 0.6) is 0 Å². The Kier molecular flexibility index (Phi) is 3.34. The first-order chi connectivity index (χ1) is 9.22. The van der Waals surface area contributed by atoms with Crippen molar-refractivity contribution in [2.75, 3.05) is 0 Å². The van der Waals surface area contributed by atoms with Crippen LogP contribution in [0.15, 0.2) is 24.3 Å². The first-order valence-electron chi connectivity index (χ1n) is 6.94. The maximum atomic E-state index is 6.03. The van der Waals surface area contributed by atoms with E-state index < -0.39 is 0 Å². The summed E-state index contributed by atoms with van der Waals surface area (Å²) in [5.41, 5.74) is 8.68. The molecular weight excluding hydrogens is 236 g/mol. The average molecular weight is 256 g/mol. The van der Waals surface area contributed by atoms with Crippen LogP contribution >= 0.6 is 0 Å². The third-order valence-electron chi connectivity index (χ3n) is 3.82. The largest absolute Gasteiger partial charge is 0.326 e. The number of fused-ring (bicyclic) bond motifs is 1. The van der Waals surface area contributed by atoms with Gasteiger partial charge in [0.25, 0.3) is 0 Å². The van der Waals surface area contributed by atoms with Gasteiger partial charge in [0.2, 0.25) is 0 Å². The van der Waals surface area contributed by atoms with E-state index in [9.17, 15) is 0 Å². The molecular formula is C15H20N4. The highest BCUT2D eigenvalue weighted by Crippen LogP contribution is 2.15. The molecule has 2 N–H and O–H groups in total. The number of rotatable bonds is 3. The molecule has 1 aromatic carbocycles. The van der Waals surface area contributed by atoms with E-state index in [1.165, 1.54) is 11.1 Å². The molecule has 1 aliphatic heterocycles. The van der Waals surface area contributed by atoms with Crippen molar-refractivity contribution >= 4 is 0 Å². The molecule has 2 aromatic rings. The third-order valence-corrected chi connectivity index (χ3v) is 3.82. The van der Waals surface area contributed by atoms with Crippen LogP contribution in [0, 0.1) is 6.92 Å². The molecule has 0 aliphatic carbocycles. The van der Waals surface area contributed by atoms with Crippen molar-refractivity contribution in [3.05, 3.63) is 47.0 Å². The third kappa shape index (κ3) is 2.68. The van der Waals surface area contributed by atoms with Gasteiger partial charge in [0.15, 0.2) is 0 Å². The second kappa shape index (κ2) is 5.13. The van der Waals surface area contributed by atoms with Gasteiger partial charge in [-0.25, -0.2) is 0 Å². The first kappa shape index (κ1) is 12.4. The van der Waals surface area contributed by atoms with Gasteiger partial charge in [0, 0.05) is 25.4 Å². The van der Waals surface area contributed by atoms with E-state index in [2.05, 4.69) is 46.0 Å². The predicted molar refractivity (Wildman–Crippen MR) is 74.9 cm³/mol. The van der Waals surface area contributed by atoms with Gasteiger partial charge >= 0.3 is 0 Å². The summed E-state index contributed by atoms with van der Waals surface area (Å²) < 4.78 is 2.21. The summed E-state index contributed by atoms with van der Waals surface area (Å²) in [5, 5.41) is 8.60. The van der Waals surface area contributed by atoms with Crippen LogP contribution in [0.4, 0.5) is 0 Å². The highest BCUT2D eigenvalue weighted by atomic mass is 15.3. The second-order valence-electron chi connectivity index (χ2n) is 5.43. The fraction of sp³-hybridized carbons (Fsp3) is 0.467. The van der Waals surface area contributed by atoms with Gasteiger partial charge in [-0.15, -0.1) is 10.2 Å². The number of nitrogens with two attached hydrogens (primary N) is 1. The molecule has 1 atom stereocenters. The standard InChI is InChI=1S/C15H20N4/c1-11-2-4-12(5-3-11)6-8-14-17-18-15-9-7-13(16)10-19(14)15/h2-5,13H,6-10,16H2,1H3. The lowest BCUT2D eigenvalue weighted by Crippen LogP contribution is -2.32. The van der Waals surface area contributed by atoms with Crippen molar-refractivity contribution in [3.63, 3.8) is 0 Å². The Morgan fingerprint density at radius 2 is 2.00 bits per heavy atom. The van der Waals surface area contributed by atoms with Crippen molar-refractivity contribution in [2.45, 2.75) is 45.2 Å². The van der Waals surface area contributed by atoms with Crippen LogP contribution < -0.4 is 5.73 Å². The zero-order valence-electron chi connectivity index (χ0n) is 11.3. The Hall–Kier alpha value is -1.68. The van der Waals surface area contributed by atoms with Crippen molar-refractivity contribution in [2.24, 2.45) is 5.73 Å². The summed E-state index contributed by atoms with van der Waals surface area (Å²) >= 11 is 0. The number of nitrogens with zero attached hydrogens (tertiary/aromatic N) is 3. The van der Waals surface area contributed by atoms with E-state index in [1.807, 2.05) is 0 Å². The number of aryl methyl sites for hydroxylation is 4. The Labute approximate surface area is 113 Å². The lowest BCUT2D eigenvalue weighted by atomic mass is 10.1. The molecule has 4 nitrogen and oxygen atoms in total. The van der Waals surface area contributed by atoms with Gasteiger partial charge < -0.3 is 10.3 Å². The average Bonchev–Trinajstić information content (AvgIpc) is 2.80. The summed E-state index contributed by atoms with van der Waals surface area (Å²) in [6.07, 6.45) is 3.92. The summed E-state index contributed by atoms with van der Waals surface area (Å²) in [6, 6.07) is 8.94. The molecule has 19 heavy (non-hydrogen) atoms. The second-order valence-corrected chi connectivity index (χ2v) is 5.43. The molecule has 0 saturated carbocycles. The first-order valence-corrected chi connectivity index (χ1v) is 6.94. The minimum atomic E-state index is 0.252. The number of hydrogen-bond acceptors (Lipinski definition) is 3. The summed E-state index contributed by atoms with van der Waals surface area (Å²) in [5.74, 6) is 2.17. The lowest BCUT2D eigenvalue weighted by Gasteiger charge is -2.20. The number of aromatic nitrogens is 3. The molecule has 3 rings (SSSR count). The SMILES string of the molecule is Cc1ccc(CCc2nnc3n2CC(N)CC3)cc1. The van der Waals surface area contributed by atoms with E-state index in [4.69, 9.17) is 5.73 Å². The molecule has 0 spiro atoms. The molecule has 100 valence electrons. The molecule has 0 bridgehead atoms. The molecule has 1 aromatic heterocycles. The molecule has 4 heteroatoms. The van der Waals surface area contributed by atoms with Crippen molar-refractivity contribution in [1.29, 1.82) is 0 Å². The fourth-order valence-electron chi connectivity index (χ4n) is 2.60. The van der Waals surface area contributed by atoms with Crippen LogP contribution in [-0.4, -0.2) is 20.8 Å². The van der Waals surface area contributed by atoms with E-state index in [0.29, 0.717) is 0 Å². The van der Waals surface area contributed by atoms with Gasteiger partial charge in [0.1, 0.15) is 11.6 Å². The highest BCUT2D eigenvalue weighted by Gasteiger charge is 2.19. The smallest absolute Gasteiger partial charge is 0.133 e. The van der Waals surface area contributed by atoms with Gasteiger partial charge in [-0.1, -0.05) is 29.8 Å². The Bertz CT molecular complexity index is 556. The monoisotopic (exact) mass is 256 g/mol. The Morgan fingerprint density at radius 1 is 1.21 bits per heavy atom. The van der Waals surface area contributed by atoms with E-state index in [-0.39, 0.29) is 6.04 Å². The normalized spacial score (nSPS) is 18.3. The molecule has 1 unspecified atom stereocenters. The highest BCUT2D eigenvalue weighted by molar-refractivity contribution is 5.22. The van der Waals surface area contributed by atoms with Crippen LogP contribution in [0.25, 0.3) is 0 Å². The molecule has 1 aliphatic rings. The Balaban J connectivity index is 1.70. The zero-order chi connectivity index (χ0) is 13.2. The van der Waals surface area contributed by atoms with Crippen molar-refractivity contribution in [3.8, 4) is 0 Å². The van der Waals surface area contributed by atoms with Gasteiger partial charge in [-0.2, -0.15) is 0 Å². The van der Waals surface area contributed by atoms with Crippen LogP contribution in [-0.2, 0) is 25.8 Å². The maximum absolute atomic E-state index is 6.03. The summed E-state index contributed by atoms with van der Waals surface area (Å²) in [7, 11) is 0. The van der Waals surface area contributed by atoms with E-state index in [0.717, 1.165) is 43.9 Å². The van der Waals surface area contributed by atoms with Crippen molar-refractivity contribution < 1.29 is 0 Å². The molecule has 0 fully saturated rings. The maximum Gasteiger partial charge on any atom is 0.133 e. The molecule has 0 radical (unpaired) electrons. The zero-order valence-corrected chi connectivity index (χ0v) is 11.3. The topological polar surface area (TPSA) is 56.7 Å². The number of benzene rings is 1. The predicted octanol–water partition coefficient (Wildman–Crippen LogP) is 1.65. The molecule has 0 amide bonds. The quantitative estimate of drug-likeness (QED) is 0.908. The summed E-state index contributed by atoms with van der Waals surface area (Å²) in [4.78, 5) is 0. The lowest BCUT2D eigenvalue weighted by molar-refractivity contribution is 0.443. The van der Waals surface area contributed by atoms with Crippen LogP contribution in [0.1, 0.15) is 29.2 Å². The van der Waals surface area contributed by atoms with Crippen molar-refractivity contribution in [1.82, 2.24) is 14.8 Å². The van der Waals surface area contributed by atoms with Crippen LogP contribution in [0.3, 0.4) is 0 Å². The minimum Gasteiger partial charge on any atom is -0.326 e. The van der Waals surface area contributed by atoms with Gasteiger partial charge in [-0.3, -0.25) is 0 Å². The van der Waals surface area contributed by atoms with Gasteiger partial charge in [-0.05, 0) is 25.3 Å². The number of hydrogen-bond donors (Lipinski definition) is 1. The van der Waals surface area contributed by atoms with Gasteiger partial charge in [0.05, 0.1) is 0 Å². The minimum absolute atomic E-state index is 0.252. The molecule has 0 saturated heterocycles. The fourth-order valence-corrected chi connectivity index (χ4v) is 2.60. The Morgan fingerprint density at radius 3 is 2.79 bits per heavy atom. The summed E-state index contributed by atoms with van der Waals surface area (Å²) in [6.45, 7) is 2.98. The van der Waals surface area contributed by atoms with Crippen LogP contribution in [0.2, 0.25) is 0 Å². The van der Waals surface area contributed by atoms with E-state index in [1.54, 1.807) is 0 Å². The molecule has 2 heterocycles.